The summed E-state index contributed by atoms with van der Waals surface area (Å²) >= 11 is 5.22. The Morgan fingerprint density at radius 2 is 2.11 bits per heavy atom. The first-order chi connectivity index (χ1) is 9.13. The Hall–Kier alpha value is -1.01. The minimum atomic E-state index is 0.684. The molecule has 0 aliphatic heterocycles. The zero-order valence-electron chi connectivity index (χ0n) is 11.3. The van der Waals surface area contributed by atoms with E-state index in [-0.39, 0.29) is 0 Å². The predicted octanol–water partition coefficient (Wildman–Crippen LogP) is 3.59. The molecule has 0 radical (unpaired) electrons. The summed E-state index contributed by atoms with van der Waals surface area (Å²) in [5.74, 6) is 1.67. The smallest absolute Gasteiger partial charge is 0.144 e. The van der Waals surface area contributed by atoms with E-state index < -0.39 is 0 Å². The fraction of sp³-hybridized carbons (Fsp3) is 0.462. The van der Waals surface area contributed by atoms with E-state index in [4.69, 9.17) is 0 Å². The van der Waals surface area contributed by atoms with E-state index in [9.17, 15) is 0 Å². The second-order valence-electron chi connectivity index (χ2n) is 4.28. The van der Waals surface area contributed by atoms with E-state index in [0.717, 1.165) is 45.4 Å². The summed E-state index contributed by atoms with van der Waals surface area (Å²) in [6.45, 7) is 4.16. The van der Waals surface area contributed by atoms with Crippen LogP contribution >= 0.6 is 27.3 Å². The summed E-state index contributed by atoms with van der Waals surface area (Å²) < 4.78 is 0.968. The number of anilines is 1. The van der Waals surface area contributed by atoms with Crippen molar-refractivity contribution < 1.29 is 0 Å². The third-order valence-corrected chi connectivity index (χ3v) is 4.35. The maximum absolute atomic E-state index is 4.64. The molecule has 0 saturated heterocycles. The molecule has 0 bridgehead atoms. The summed E-state index contributed by atoms with van der Waals surface area (Å²) in [5.41, 5.74) is 2.10. The monoisotopic (exact) mass is 340 g/mol. The van der Waals surface area contributed by atoms with Gasteiger partial charge >= 0.3 is 0 Å². The Balaban J connectivity index is 2.31. The van der Waals surface area contributed by atoms with Gasteiger partial charge in [-0.1, -0.05) is 13.3 Å². The molecule has 0 saturated carbocycles. The third kappa shape index (κ3) is 3.51. The Morgan fingerprint density at radius 3 is 2.68 bits per heavy atom. The van der Waals surface area contributed by atoms with E-state index in [1.807, 2.05) is 14.0 Å². The third-order valence-electron chi connectivity index (χ3n) is 2.70. The van der Waals surface area contributed by atoms with Crippen LogP contribution in [-0.4, -0.2) is 22.0 Å². The lowest BCUT2D eigenvalue weighted by molar-refractivity contribution is 0.831. The number of halogens is 1. The minimum Gasteiger partial charge on any atom is -0.372 e. The lowest BCUT2D eigenvalue weighted by Gasteiger charge is -2.10. The highest BCUT2D eigenvalue weighted by Crippen LogP contribution is 2.25. The van der Waals surface area contributed by atoms with Gasteiger partial charge in [0, 0.05) is 12.4 Å². The van der Waals surface area contributed by atoms with Gasteiger partial charge < -0.3 is 5.32 Å². The van der Waals surface area contributed by atoms with Crippen molar-refractivity contribution in [2.75, 3.05) is 12.4 Å². The van der Waals surface area contributed by atoms with Crippen LogP contribution in [0, 0.1) is 6.92 Å². The van der Waals surface area contributed by atoms with Gasteiger partial charge in [0.2, 0.25) is 0 Å². The van der Waals surface area contributed by atoms with Crippen LogP contribution in [0.2, 0.25) is 0 Å². The normalized spacial score (nSPS) is 10.7. The molecule has 2 aromatic heterocycles. The van der Waals surface area contributed by atoms with Gasteiger partial charge in [-0.25, -0.2) is 15.0 Å². The summed E-state index contributed by atoms with van der Waals surface area (Å²) in [7, 11) is 1.87. The number of thiazole rings is 1. The van der Waals surface area contributed by atoms with Crippen molar-refractivity contribution in [3.63, 3.8) is 0 Å². The Labute approximate surface area is 125 Å². The van der Waals surface area contributed by atoms with Crippen molar-refractivity contribution in [3.05, 3.63) is 32.1 Å². The number of hydrogen-bond acceptors (Lipinski definition) is 5. The SMILES string of the molecule is CCCc1nc(Cc2csc(C)n2)nc(NC)c1Br. The molecule has 102 valence electrons. The molecular weight excluding hydrogens is 324 g/mol. The van der Waals surface area contributed by atoms with Gasteiger partial charge in [-0.2, -0.15) is 0 Å². The van der Waals surface area contributed by atoms with Crippen LogP contribution in [-0.2, 0) is 12.8 Å². The molecule has 6 heteroatoms. The molecule has 0 aliphatic rings. The van der Waals surface area contributed by atoms with Crippen LogP contribution in [0.4, 0.5) is 5.82 Å². The zero-order chi connectivity index (χ0) is 13.8. The highest BCUT2D eigenvalue weighted by Gasteiger charge is 2.12. The van der Waals surface area contributed by atoms with E-state index in [1.165, 1.54) is 0 Å². The summed E-state index contributed by atoms with van der Waals surface area (Å²) in [6.07, 6.45) is 2.69. The fourth-order valence-corrected chi connectivity index (χ4v) is 3.03. The van der Waals surface area contributed by atoms with E-state index in [1.54, 1.807) is 11.3 Å². The maximum atomic E-state index is 4.64. The molecule has 19 heavy (non-hydrogen) atoms. The van der Waals surface area contributed by atoms with Gasteiger partial charge in [0.15, 0.2) is 0 Å². The largest absolute Gasteiger partial charge is 0.372 e. The highest BCUT2D eigenvalue weighted by molar-refractivity contribution is 9.10. The molecule has 2 heterocycles. The molecule has 1 N–H and O–H groups in total. The molecule has 0 aromatic carbocycles. The first kappa shape index (κ1) is 14.4. The van der Waals surface area contributed by atoms with Gasteiger partial charge in [-0.3, -0.25) is 0 Å². The van der Waals surface area contributed by atoms with E-state index >= 15 is 0 Å². The van der Waals surface area contributed by atoms with Gasteiger partial charge in [0.05, 0.1) is 27.3 Å². The second-order valence-corrected chi connectivity index (χ2v) is 6.14. The lowest BCUT2D eigenvalue weighted by Crippen LogP contribution is -2.06. The van der Waals surface area contributed by atoms with Crippen molar-refractivity contribution in [2.45, 2.75) is 33.1 Å². The number of hydrogen-bond donors (Lipinski definition) is 1. The molecule has 0 atom stereocenters. The molecule has 4 nitrogen and oxygen atoms in total. The molecule has 2 aromatic rings. The topological polar surface area (TPSA) is 50.7 Å². The zero-order valence-corrected chi connectivity index (χ0v) is 13.7. The number of nitrogens with zero attached hydrogens (tertiary/aromatic N) is 3. The van der Waals surface area contributed by atoms with Crippen molar-refractivity contribution >= 4 is 33.1 Å². The second kappa shape index (κ2) is 6.43. The molecule has 0 aliphatic carbocycles. The van der Waals surface area contributed by atoms with E-state index in [0.29, 0.717) is 6.42 Å². The van der Waals surface area contributed by atoms with Gasteiger partial charge in [-0.15, -0.1) is 11.3 Å². The van der Waals surface area contributed by atoms with Crippen LogP contribution in [0.15, 0.2) is 9.85 Å². The van der Waals surface area contributed by atoms with Crippen molar-refractivity contribution in [1.29, 1.82) is 0 Å². The lowest BCUT2D eigenvalue weighted by atomic mass is 10.2. The highest BCUT2D eigenvalue weighted by atomic mass is 79.9. The van der Waals surface area contributed by atoms with Crippen molar-refractivity contribution in [1.82, 2.24) is 15.0 Å². The molecule has 2 rings (SSSR count). The van der Waals surface area contributed by atoms with Crippen LogP contribution in [0.25, 0.3) is 0 Å². The molecule has 0 fully saturated rings. The van der Waals surface area contributed by atoms with Crippen LogP contribution in [0.3, 0.4) is 0 Å². The van der Waals surface area contributed by atoms with Crippen molar-refractivity contribution in [2.24, 2.45) is 0 Å². The average Bonchev–Trinajstić information content (AvgIpc) is 2.79. The summed E-state index contributed by atoms with van der Waals surface area (Å²) in [4.78, 5) is 13.6. The molecular formula is C13H17BrN4S. The van der Waals surface area contributed by atoms with Crippen LogP contribution < -0.4 is 5.32 Å². The molecule has 0 unspecified atom stereocenters. The van der Waals surface area contributed by atoms with Crippen molar-refractivity contribution in [3.8, 4) is 0 Å². The Bertz CT molecular complexity index is 568. The number of aryl methyl sites for hydroxylation is 2. The van der Waals surface area contributed by atoms with Gasteiger partial charge in [0.1, 0.15) is 11.6 Å². The standard InChI is InChI=1S/C13H17BrN4S/c1-4-5-10-12(14)13(15-3)18-11(17-10)6-9-7-19-8(2)16-9/h7H,4-6H2,1-3H3,(H,15,17,18). The number of aromatic nitrogens is 3. The summed E-state index contributed by atoms with van der Waals surface area (Å²) in [5, 5.41) is 6.26. The van der Waals surface area contributed by atoms with E-state index in [2.05, 4.69) is 48.5 Å². The van der Waals surface area contributed by atoms with Crippen LogP contribution in [0.1, 0.15) is 35.6 Å². The Morgan fingerprint density at radius 1 is 1.32 bits per heavy atom. The average molecular weight is 341 g/mol. The Kier molecular flexibility index (Phi) is 4.87. The quantitative estimate of drug-likeness (QED) is 0.903. The number of rotatable bonds is 5. The maximum Gasteiger partial charge on any atom is 0.144 e. The first-order valence-corrected chi connectivity index (χ1v) is 7.95. The van der Waals surface area contributed by atoms with Gasteiger partial charge in [0.25, 0.3) is 0 Å². The van der Waals surface area contributed by atoms with Gasteiger partial charge in [-0.05, 0) is 29.3 Å². The first-order valence-electron chi connectivity index (χ1n) is 6.28. The predicted molar refractivity (Wildman–Crippen MR) is 82.9 cm³/mol. The minimum absolute atomic E-state index is 0.684. The molecule has 0 amide bonds. The molecule has 0 spiro atoms. The number of nitrogens with one attached hydrogen (secondary N) is 1. The summed E-state index contributed by atoms with van der Waals surface area (Å²) in [6, 6.07) is 0. The van der Waals surface area contributed by atoms with Crippen LogP contribution in [0.5, 0.6) is 0 Å². The fourth-order valence-electron chi connectivity index (χ4n) is 1.84.